The molecule has 4 fully saturated rings. The second kappa shape index (κ2) is 19.0. The Morgan fingerprint density at radius 3 is 1.54 bits per heavy atom. The molecule has 28 heteroatoms. The highest BCUT2D eigenvalue weighted by molar-refractivity contribution is 6.29. The van der Waals surface area contributed by atoms with E-state index >= 15 is 0 Å². The number of hydrogen-bond acceptors (Lipinski definition) is 22. The maximum Gasteiger partial charge on any atom is 0.227 e. The highest BCUT2D eigenvalue weighted by atomic mass is 35.5. The van der Waals surface area contributed by atoms with Gasteiger partial charge in [0.2, 0.25) is 22.5 Å². The molecule has 0 amide bonds. The number of aliphatic hydroxyl groups is 5. The van der Waals surface area contributed by atoms with Gasteiger partial charge in [-0.2, -0.15) is 54.9 Å². The van der Waals surface area contributed by atoms with Gasteiger partial charge in [0.25, 0.3) is 0 Å². The van der Waals surface area contributed by atoms with Gasteiger partial charge in [-0.15, -0.1) is 0 Å². The van der Waals surface area contributed by atoms with Crippen molar-refractivity contribution in [1.82, 2.24) is 84.0 Å². The van der Waals surface area contributed by atoms with Crippen molar-refractivity contribution in [2.24, 2.45) is 0 Å². The summed E-state index contributed by atoms with van der Waals surface area (Å²) in [4.78, 5) is 43.7. The molecular weight excluding hydrogens is 937 g/mol. The average molecular weight is 989 g/mol. The van der Waals surface area contributed by atoms with Gasteiger partial charge in [-0.3, -0.25) is 0 Å². The first-order valence-electron chi connectivity index (χ1n) is 23.2. The first kappa shape index (κ1) is 45.4. The van der Waals surface area contributed by atoms with E-state index < -0.39 is 30.4 Å². The van der Waals surface area contributed by atoms with Gasteiger partial charge in [0.1, 0.15) is 36.0 Å². The molecule has 7 atom stereocenters. The van der Waals surface area contributed by atoms with E-state index in [9.17, 15) is 25.5 Å². The predicted octanol–water partition coefficient (Wildman–Crippen LogP) is 2.14. The summed E-state index contributed by atoms with van der Waals surface area (Å²) in [5.41, 5.74) is 2.88. The number of fused-ring (bicyclic) bond motifs is 2. The Hall–Kier alpha value is -6.03. The van der Waals surface area contributed by atoms with Crippen LogP contribution in [0.4, 0.5) is 23.5 Å². The topological polar surface area (TPSA) is 337 Å². The van der Waals surface area contributed by atoms with E-state index in [1.54, 1.807) is 22.0 Å². The zero-order valence-corrected chi connectivity index (χ0v) is 38.5. The number of imidazole rings is 2. The van der Waals surface area contributed by atoms with E-state index in [-0.39, 0.29) is 60.0 Å². The smallest absolute Gasteiger partial charge is 0.227 e. The lowest BCUT2D eigenvalue weighted by atomic mass is 9.91. The lowest BCUT2D eigenvalue weighted by Crippen LogP contribution is -2.34. The van der Waals surface area contributed by atoms with Crippen molar-refractivity contribution in [2.75, 3.05) is 21.3 Å². The normalized spacial score (nSPS) is 28.4. The van der Waals surface area contributed by atoms with Crippen molar-refractivity contribution >= 4 is 69.1 Å². The van der Waals surface area contributed by atoms with E-state index in [1.807, 2.05) is 4.57 Å². The van der Waals surface area contributed by atoms with Crippen LogP contribution in [0.1, 0.15) is 106 Å². The molecule has 7 heterocycles. The molecule has 0 saturated heterocycles. The van der Waals surface area contributed by atoms with Crippen LogP contribution in [0, 0.1) is 0 Å². The molecule has 0 aromatic carbocycles. The molecule has 26 nitrogen and oxygen atoms in total. The van der Waals surface area contributed by atoms with Crippen LogP contribution < -0.4 is 21.3 Å². The van der Waals surface area contributed by atoms with Crippen LogP contribution in [0.3, 0.4) is 0 Å². The third-order valence-electron chi connectivity index (χ3n) is 14.0. The summed E-state index contributed by atoms with van der Waals surface area (Å²) in [5.74, 6) is 2.06. The minimum atomic E-state index is -1.16. The molecule has 4 aliphatic rings. The standard InChI is InChI=1S/C41H51Cl2N21O5/c42-38-54-34(30-36(56-38)61(17-46-30)26-9-25(10-29(26)67)63-48-12-23(14-65)59-63)50-19-1-5-21(6-2-19)52-40-44-16-45-41(58-40)53-22-7-3-20(4-8-22)51-35-31-37(57-39(43)55-35)62(18-47-31)27-11-28(33(69)32(27)68)64-49-13-24(15-66)60-64/h12-13,16-22,25-29,32-33,65-69H,1-11,14-15H2,(H,50,54,56)(H,51,55,57)(H2,44,45,52,53,58)/t19-,20-,21-,22-,25-,26+,27+,28-,29+,32-,33+/m0/s1. The van der Waals surface area contributed by atoms with Crippen molar-refractivity contribution in [3.63, 3.8) is 0 Å². The fourth-order valence-corrected chi connectivity index (χ4v) is 10.8. The third kappa shape index (κ3) is 9.16. The van der Waals surface area contributed by atoms with Gasteiger partial charge in [-0.25, -0.2) is 19.9 Å². The second-order valence-corrected chi connectivity index (χ2v) is 19.1. The van der Waals surface area contributed by atoms with Crippen molar-refractivity contribution in [1.29, 1.82) is 0 Å². The summed E-state index contributed by atoms with van der Waals surface area (Å²) < 4.78 is 3.57. The molecule has 0 bridgehead atoms. The minimum Gasteiger partial charge on any atom is -0.391 e. The van der Waals surface area contributed by atoms with Crippen LogP contribution in [0.2, 0.25) is 10.6 Å². The first-order chi connectivity index (χ1) is 33.6. The Morgan fingerprint density at radius 1 is 0.536 bits per heavy atom. The number of aromatic nitrogens is 17. The molecule has 11 rings (SSSR count). The molecule has 7 aromatic heterocycles. The van der Waals surface area contributed by atoms with Crippen LogP contribution in [0.15, 0.2) is 31.4 Å². The number of nitrogens with zero attached hydrogens (tertiary/aromatic N) is 17. The Kier molecular flexibility index (Phi) is 12.5. The van der Waals surface area contributed by atoms with Crippen LogP contribution in [-0.4, -0.2) is 152 Å². The van der Waals surface area contributed by atoms with Crippen molar-refractivity contribution < 1.29 is 25.5 Å². The number of rotatable bonds is 14. The maximum absolute atomic E-state index is 11.1. The van der Waals surface area contributed by atoms with E-state index in [0.29, 0.717) is 76.5 Å². The SMILES string of the molecule is OCc1cnn([C@@H]2C[C@@H](O)[C@H](n3cnc4c(N[C@H]5CC[C@H](Nc6ncnc(N[C@H]7CC[C@H](Nc8nc(Cl)nc9c8ncn9[C@@H]8C[C@H](n9ncc(CO)n9)[C@@H](O)[C@H]8O)CC7)n6)CC5)nc(Cl)nc43)C2)n1. The highest BCUT2D eigenvalue weighted by Gasteiger charge is 2.45. The van der Waals surface area contributed by atoms with Gasteiger partial charge in [-0.05, 0) is 93.8 Å². The van der Waals surface area contributed by atoms with Gasteiger partial charge >= 0.3 is 0 Å². The zero-order valence-electron chi connectivity index (χ0n) is 37.0. The van der Waals surface area contributed by atoms with Gasteiger partial charge < -0.3 is 55.9 Å². The number of nitrogens with one attached hydrogen (secondary N) is 4. The van der Waals surface area contributed by atoms with Crippen molar-refractivity contribution in [3.05, 3.63) is 53.3 Å². The summed E-state index contributed by atoms with van der Waals surface area (Å²) in [6.07, 6.45) is 12.8. The molecule has 9 N–H and O–H groups in total. The van der Waals surface area contributed by atoms with Gasteiger partial charge in [0.05, 0.1) is 62.5 Å². The summed E-state index contributed by atoms with van der Waals surface area (Å²) in [6.45, 7) is -0.483. The Labute approximate surface area is 402 Å². The summed E-state index contributed by atoms with van der Waals surface area (Å²) in [6, 6.07) is -1.17. The van der Waals surface area contributed by atoms with Crippen molar-refractivity contribution in [3.8, 4) is 0 Å². The fourth-order valence-electron chi connectivity index (χ4n) is 10.5. The quantitative estimate of drug-likeness (QED) is 0.0705. The van der Waals surface area contributed by atoms with Crippen molar-refractivity contribution in [2.45, 2.75) is 150 Å². The molecule has 69 heavy (non-hydrogen) atoms. The summed E-state index contributed by atoms with van der Waals surface area (Å²) in [5, 5.41) is 83.2. The number of hydrogen-bond donors (Lipinski definition) is 9. The van der Waals surface area contributed by atoms with Gasteiger partial charge in [-0.1, -0.05) is 0 Å². The first-order valence-corrected chi connectivity index (χ1v) is 24.0. The lowest BCUT2D eigenvalue weighted by Gasteiger charge is -2.30. The molecule has 0 radical (unpaired) electrons. The van der Waals surface area contributed by atoms with Crippen LogP contribution in [0.5, 0.6) is 0 Å². The van der Waals surface area contributed by atoms with Gasteiger partial charge in [0.15, 0.2) is 34.0 Å². The molecule has 0 spiro atoms. The Balaban J connectivity index is 0.663. The second-order valence-electron chi connectivity index (χ2n) is 18.4. The van der Waals surface area contributed by atoms with E-state index in [2.05, 4.69) is 81.5 Å². The summed E-state index contributed by atoms with van der Waals surface area (Å²) in [7, 11) is 0. The lowest BCUT2D eigenvalue weighted by molar-refractivity contribution is 0.00491. The van der Waals surface area contributed by atoms with E-state index in [4.69, 9.17) is 28.2 Å². The molecule has 0 unspecified atom stereocenters. The van der Waals surface area contributed by atoms with E-state index in [1.165, 1.54) is 23.5 Å². The molecule has 7 aromatic rings. The van der Waals surface area contributed by atoms with E-state index in [0.717, 1.165) is 51.4 Å². The zero-order chi connectivity index (χ0) is 47.3. The molecule has 4 aliphatic carbocycles. The Morgan fingerprint density at radius 2 is 1.01 bits per heavy atom. The average Bonchev–Trinajstić information content (AvgIpc) is 4.23. The summed E-state index contributed by atoms with van der Waals surface area (Å²) >= 11 is 12.9. The molecule has 0 aliphatic heterocycles. The number of anilines is 4. The molecular formula is C41H51Cl2N21O5. The monoisotopic (exact) mass is 987 g/mol. The van der Waals surface area contributed by atoms with Gasteiger partial charge in [0, 0.05) is 24.2 Å². The predicted molar refractivity (Wildman–Crippen MR) is 247 cm³/mol. The maximum atomic E-state index is 11.1. The number of halogens is 2. The largest absolute Gasteiger partial charge is 0.391 e. The highest BCUT2D eigenvalue weighted by Crippen LogP contribution is 2.41. The molecule has 4 saturated carbocycles. The van der Waals surface area contributed by atoms with Crippen LogP contribution in [-0.2, 0) is 13.2 Å². The van der Waals surface area contributed by atoms with Crippen LogP contribution in [0.25, 0.3) is 22.3 Å². The molecule has 364 valence electrons. The Bertz CT molecular complexity index is 2920. The third-order valence-corrected chi connectivity index (χ3v) is 14.4. The number of aliphatic hydroxyl groups excluding tert-OH is 5. The van der Waals surface area contributed by atoms with Crippen LogP contribution >= 0.6 is 23.2 Å². The fraction of sp³-hybridized carbons (Fsp3) is 0.585. The minimum absolute atomic E-state index is 0.0247.